The largest absolute Gasteiger partial charge is 0.370 e. The van der Waals surface area contributed by atoms with E-state index in [1.807, 2.05) is 13.8 Å². The van der Waals surface area contributed by atoms with Gasteiger partial charge in [0.15, 0.2) is 0 Å². The summed E-state index contributed by atoms with van der Waals surface area (Å²) < 4.78 is 0. The van der Waals surface area contributed by atoms with Crippen LogP contribution in [0.5, 0.6) is 0 Å². The second kappa shape index (κ2) is 7.82. The van der Waals surface area contributed by atoms with E-state index in [2.05, 4.69) is 49.0 Å². The second-order valence-electron chi connectivity index (χ2n) is 5.63. The zero-order chi connectivity index (χ0) is 16.0. The molecule has 1 heterocycles. The van der Waals surface area contributed by atoms with Gasteiger partial charge in [0.2, 0.25) is 0 Å². The van der Waals surface area contributed by atoms with E-state index >= 15 is 0 Å². The van der Waals surface area contributed by atoms with E-state index in [0.717, 1.165) is 36.1 Å². The number of hydrogen-bond donors (Lipinski definition) is 1. The summed E-state index contributed by atoms with van der Waals surface area (Å²) in [5.41, 5.74) is 1.05. The van der Waals surface area contributed by atoms with Crippen LogP contribution in [0.25, 0.3) is 0 Å². The summed E-state index contributed by atoms with van der Waals surface area (Å²) >= 11 is 0. The molecule has 1 atom stereocenters. The molecule has 1 unspecified atom stereocenters. The molecule has 1 aromatic heterocycles. The molecular formula is C16H27N5. The van der Waals surface area contributed by atoms with E-state index in [0.29, 0.717) is 6.54 Å². The van der Waals surface area contributed by atoms with Gasteiger partial charge in [-0.05, 0) is 27.7 Å². The van der Waals surface area contributed by atoms with Crippen molar-refractivity contribution in [3.05, 3.63) is 11.4 Å². The van der Waals surface area contributed by atoms with Crippen LogP contribution in [0.3, 0.4) is 0 Å². The minimum atomic E-state index is -0.0237. The van der Waals surface area contributed by atoms with E-state index in [4.69, 9.17) is 10.2 Å². The van der Waals surface area contributed by atoms with E-state index < -0.39 is 0 Å². The summed E-state index contributed by atoms with van der Waals surface area (Å²) in [7, 11) is 0. The standard InChI is InChI=1S/C16H27N5/c1-7-18-15-13(6)16(20-14(19-15)11(3)4)21(8-2)10-12(5)9-17/h11-12H,7-8,10H2,1-6H3,(H,18,19,20). The van der Waals surface area contributed by atoms with Crippen LogP contribution in [0, 0.1) is 24.2 Å². The number of rotatable bonds is 7. The molecule has 0 bridgehead atoms. The van der Waals surface area contributed by atoms with Crippen molar-refractivity contribution in [1.82, 2.24) is 9.97 Å². The predicted octanol–water partition coefficient (Wildman–Crippen LogP) is 3.33. The van der Waals surface area contributed by atoms with Gasteiger partial charge in [0.25, 0.3) is 0 Å². The van der Waals surface area contributed by atoms with Gasteiger partial charge in [-0.3, -0.25) is 0 Å². The highest BCUT2D eigenvalue weighted by molar-refractivity contribution is 5.59. The van der Waals surface area contributed by atoms with Gasteiger partial charge in [-0.25, -0.2) is 9.97 Å². The monoisotopic (exact) mass is 289 g/mol. The molecule has 5 nitrogen and oxygen atoms in total. The van der Waals surface area contributed by atoms with Crippen molar-refractivity contribution in [1.29, 1.82) is 5.26 Å². The van der Waals surface area contributed by atoms with Gasteiger partial charge in [-0.15, -0.1) is 0 Å². The molecule has 116 valence electrons. The van der Waals surface area contributed by atoms with E-state index in [-0.39, 0.29) is 11.8 Å². The lowest BCUT2D eigenvalue weighted by molar-refractivity contribution is 0.669. The van der Waals surface area contributed by atoms with Crippen molar-refractivity contribution in [2.24, 2.45) is 5.92 Å². The van der Waals surface area contributed by atoms with Gasteiger partial charge < -0.3 is 10.2 Å². The molecule has 1 rings (SSSR count). The highest BCUT2D eigenvalue weighted by atomic mass is 15.2. The zero-order valence-electron chi connectivity index (χ0n) is 14.1. The Morgan fingerprint density at radius 3 is 2.38 bits per heavy atom. The van der Waals surface area contributed by atoms with Gasteiger partial charge >= 0.3 is 0 Å². The molecule has 0 aliphatic heterocycles. The molecule has 0 saturated heterocycles. The number of aromatic nitrogens is 2. The normalized spacial score (nSPS) is 12.1. The van der Waals surface area contributed by atoms with Crippen molar-refractivity contribution in [3.63, 3.8) is 0 Å². The predicted molar refractivity (Wildman–Crippen MR) is 87.7 cm³/mol. The molecule has 0 fully saturated rings. The van der Waals surface area contributed by atoms with Crippen molar-refractivity contribution in [2.75, 3.05) is 29.9 Å². The summed E-state index contributed by atoms with van der Waals surface area (Å²) in [6, 6.07) is 2.30. The molecule has 21 heavy (non-hydrogen) atoms. The molecule has 5 heteroatoms. The average Bonchev–Trinajstić information content (AvgIpc) is 2.46. The molecule has 0 aliphatic rings. The minimum absolute atomic E-state index is 0.0237. The summed E-state index contributed by atoms with van der Waals surface area (Å²) in [5, 5.41) is 12.4. The Morgan fingerprint density at radius 2 is 1.90 bits per heavy atom. The molecular weight excluding hydrogens is 262 g/mol. The lowest BCUT2D eigenvalue weighted by Crippen LogP contribution is -2.30. The maximum absolute atomic E-state index is 9.06. The van der Waals surface area contributed by atoms with Gasteiger partial charge in [0, 0.05) is 31.1 Å². The highest BCUT2D eigenvalue weighted by Crippen LogP contribution is 2.26. The Hall–Kier alpha value is -1.83. The van der Waals surface area contributed by atoms with Crippen LogP contribution in [-0.2, 0) is 0 Å². The number of hydrogen-bond acceptors (Lipinski definition) is 5. The SMILES string of the molecule is CCNc1nc(C(C)C)nc(N(CC)CC(C)C#N)c1C. The van der Waals surface area contributed by atoms with E-state index in [1.165, 1.54) is 0 Å². The highest BCUT2D eigenvalue weighted by Gasteiger charge is 2.18. The van der Waals surface area contributed by atoms with Gasteiger partial charge in [-0.2, -0.15) is 5.26 Å². The molecule has 1 aromatic rings. The third kappa shape index (κ3) is 4.32. The Bertz CT molecular complexity index is 504. The Kier molecular flexibility index (Phi) is 6.41. The fraction of sp³-hybridized carbons (Fsp3) is 0.688. The summed E-state index contributed by atoms with van der Waals surface area (Å²) in [6.45, 7) is 14.7. The molecule has 0 spiro atoms. The number of anilines is 2. The second-order valence-corrected chi connectivity index (χ2v) is 5.63. The quantitative estimate of drug-likeness (QED) is 0.834. The van der Waals surface area contributed by atoms with Crippen LogP contribution in [0.4, 0.5) is 11.6 Å². The molecule has 0 amide bonds. The van der Waals surface area contributed by atoms with E-state index in [9.17, 15) is 0 Å². The first-order valence-electron chi connectivity index (χ1n) is 7.71. The first-order valence-corrected chi connectivity index (χ1v) is 7.71. The van der Waals surface area contributed by atoms with Crippen LogP contribution in [0.2, 0.25) is 0 Å². The molecule has 0 aliphatic carbocycles. The average molecular weight is 289 g/mol. The van der Waals surface area contributed by atoms with Gasteiger partial charge in [-0.1, -0.05) is 13.8 Å². The molecule has 1 N–H and O–H groups in total. The van der Waals surface area contributed by atoms with Crippen molar-refractivity contribution >= 4 is 11.6 Å². The lowest BCUT2D eigenvalue weighted by Gasteiger charge is -2.26. The Labute approximate surface area is 128 Å². The van der Waals surface area contributed by atoms with Gasteiger partial charge in [0.1, 0.15) is 17.5 Å². The topological polar surface area (TPSA) is 64.8 Å². The Morgan fingerprint density at radius 1 is 1.24 bits per heavy atom. The summed E-state index contributed by atoms with van der Waals surface area (Å²) in [5.74, 6) is 2.93. The third-order valence-corrected chi connectivity index (χ3v) is 3.39. The van der Waals surface area contributed by atoms with Crippen molar-refractivity contribution in [2.45, 2.75) is 47.5 Å². The molecule has 0 saturated carbocycles. The maximum Gasteiger partial charge on any atom is 0.137 e. The maximum atomic E-state index is 9.06. The van der Waals surface area contributed by atoms with E-state index in [1.54, 1.807) is 0 Å². The first kappa shape index (κ1) is 17.2. The minimum Gasteiger partial charge on any atom is -0.370 e. The zero-order valence-corrected chi connectivity index (χ0v) is 14.1. The van der Waals surface area contributed by atoms with Gasteiger partial charge in [0.05, 0.1) is 12.0 Å². The molecule has 0 aromatic carbocycles. The number of nitrogens with zero attached hydrogens (tertiary/aromatic N) is 4. The number of nitrogens with one attached hydrogen (secondary N) is 1. The fourth-order valence-corrected chi connectivity index (χ4v) is 2.16. The molecule has 0 radical (unpaired) electrons. The van der Waals surface area contributed by atoms with Crippen LogP contribution in [-0.4, -0.2) is 29.6 Å². The van der Waals surface area contributed by atoms with Crippen LogP contribution in [0.15, 0.2) is 0 Å². The number of nitriles is 1. The smallest absolute Gasteiger partial charge is 0.137 e. The van der Waals surface area contributed by atoms with Crippen molar-refractivity contribution in [3.8, 4) is 6.07 Å². The van der Waals surface area contributed by atoms with Crippen LogP contribution in [0.1, 0.15) is 51.9 Å². The Balaban J connectivity index is 3.27. The van der Waals surface area contributed by atoms with Crippen LogP contribution >= 0.6 is 0 Å². The summed E-state index contributed by atoms with van der Waals surface area (Å²) in [6.07, 6.45) is 0. The summed E-state index contributed by atoms with van der Waals surface area (Å²) in [4.78, 5) is 11.5. The van der Waals surface area contributed by atoms with Crippen LogP contribution < -0.4 is 10.2 Å². The fourth-order valence-electron chi connectivity index (χ4n) is 2.16. The third-order valence-electron chi connectivity index (χ3n) is 3.39. The first-order chi connectivity index (χ1) is 9.94. The van der Waals surface area contributed by atoms with Crippen molar-refractivity contribution < 1.29 is 0 Å². The lowest BCUT2D eigenvalue weighted by atomic mass is 10.1.